The van der Waals surface area contributed by atoms with E-state index in [-0.39, 0.29) is 5.75 Å². The number of benzene rings is 2. The fraction of sp³-hybridized carbons (Fsp3) is 0.133. The summed E-state index contributed by atoms with van der Waals surface area (Å²) in [4.78, 5) is 11.8. The largest absolute Gasteiger partial charge is 0.423 e. The minimum atomic E-state index is -1.05. The predicted octanol–water partition coefficient (Wildman–Crippen LogP) is 3.75. The average Bonchev–Trinajstić information content (AvgIpc) is 2.43. The van der Waals surface area contributed by atoms with Crippen molar-refractivity contribution < 1.29 is 18.3 Å². The van der Waals surface area contributed by atoms with Crippen LogP contribution < -0.4 is 4.74 Å². The van der Waals surface area contributed by atoms with Crippen molar-refractivity contribution in [2.24, 2.45) is 0 Å². The van der Waals surface area contributed by atoms with E-state index in [9.17, 15) is 13.6 Å². The Hall–Kier alpha value is -2.23. The van der Waals surface area contributed by atoms with E-state index < -0.39 is 17.6 Å². The van der Waals surface area contributed by atoms with Crippen LogP contribution in [0.1, 0.15) is 22.8 Å². The van der Waals surface area contributed by atoms with Gasteiger partial charge in [-0.05, 0) is 36.2 Å². The highest BCUT2D eigenvalue weighted by Gasteiger charge is 2.10. The van der Waals surface area contributed by atoms with Crippen LogP contribution >= 0.6 is 0 Å². The van der Waals surface area contributed by atoms with Crippen LogP contribution in [0.15, 0.2) is 42.5 Å². The van der Waals surface area contributed by atoms with Crippen molar-refractivity contribution in [3.8, 4) is 5.75 Å². The maximum Gasteiger partial charge on any atom is 0.343 e. The Morgan fingerprint density at radius 2 is 1.89 bits per heavy atom. The fourth-order valence-electron chi connectivity index (χ4n) is 1.62. The second kappa shape index (κ2) is 5.61. The summed E-state index contributed by atoms with van der Waals surface area (Å²) in [6.07, 6.45) is 0.798. The van der Waals surface area contributed by atoms with E-state index in [0.717, 1.165) is 24.1 Å². The molecule has 0 N–H and O–H groups in total. The third-order valence-corrected chi connectivity index (χ3v) is 2.67. The molecule has 2 aromatic carbocycles. The molecule has 0 saturated carbocycles. The van der Waals surface area contributed by atoms with E-state index in [1.165, 1.54) is 6.07 Å². The van der Waals surface area contributed by atoms with Gasteiger partial charge in [0.15, 0.2) is 11.6 Å². The van der Waals surface area contributed by atoms with E-state index in [0.29, 0.717) is 5.56 Å². The summed E-state index contributed by atoms with van der Waals surface area (Å²) in [6, 6.07) is 9.94. The Labute approximate surface area is 109 Å². The lowest BCUT2D eigenvalue weighted by molar-refractivity contribution is 0.0734. The third-order valence-electron chi connectivity index (χ3n) is 2.67. The Kier molecular flexibility index (Phi) is 3.90. The second-order valence-electron chi connectivity index (χ2n) is 4.02. The van der Waals surface area contributed by atoms with Crippen molar-refractivity contribution in [1.29, 1.82) is 0 Å². The zero-order valence-corrected chi connectivity index (χ0v) is 10.3. The third kappa shape index (κ3) is 3.16. The first-order valence-corrected chi connectivity index (χ1v) is 5.86. The molecule has 0 saturated heterocycles. The molecule has 0 atom stereocenters. The lowest BCUT2D eigenvalue weighted by Crippen LogP contribution is -2.09. The number of hydrogen-bond donors (Lipinski definition) is 0. The molecular weight excluding hydrogens is 250 g/mol. The zero-order valence-electron chi connectivity index (χ0n) is 10.3. The summed E-state index contributed by atoms with van der Waals surface area (Å²) in [5.41, 5.74) is 1.38. The second-order valence-corrected chi connectivity index (χ2v) is 4.02. The highest BCUT2D eigenvalue weighted by molar-refractivity contribution is 5.91. The number of halogens is 2. The molecule has 0 aliphatic carbocycles. The van der Waals surface area contributed by atoms with Gasteiger partial charge >= 0.3 is 5.97 Å². The van der Waals surface area contributed by atoms with Crippen LogP contribution in [0.3, 0.4) is 0 Å². The molecule has 2 rings (SSSR count). The van der Waals surface area contributed by atoms with E-state index >= 15 is 0 Å². The Morgan fingerprint density at radius 1 is 1.11 bits per heavy atom. The molecule has 0 aromatic heterocycles. The highest BCUT2D eigenvalue weighted by atomic mass is 19.2. The zero-order chi connectivity index (χ0) is 13.8. The molecule has 0 radical (unpaired) electrons. The minimum absolute atomic E-state index is 0.0224. The van der Waals surface area contributed by atoms with Crippen LogP contribution in [0, 0.1) is 11.6 Å². The van der Waals surface area contributed by atoms with Gasteiger partial charge in [-0.1, -0.05) is 19.1 Å². The van der Waals surface area contributed by atoms with Gasteiger partial charge in [-0.15, -0.1) is 0 Å². The van der Waals surface area contributed by atoms with Crippen LogP contribution in [0.5, 0.6) is 5.75 Å². The number of rotatable bonds is 3. The summed E-state index contributed by atoms with van der Waals surface area (Å²) in [5, 5.41) is 0. The lowest BCUT2D eigenvalue weighted by atomic mass is 10.1. The molecular formula is C15H12F2O2. The molecule has 0 fully saturated rings. The predicted molar refractivity (Wildman–Crippen MR) is 67.1 cm³/mol. The van der Waals surface area contributed by atoms with Crippen molar-refractivity contribution in [2.45, 2.75) is 13.3 Å². The van der Waals surface area contributed by atoms with Crippen molar-refractivity contribution in [2.75, 3.05) is 0 Å². The Morgan fingerprint density at radius 3 is 2.58 bits per heavy atom. The van der Waals surface area contributed by atoms with Crippen LogP contribution in [-0.2, 0) is 6.42 Å². The van der Waals surface area contributed by atoms with E-state index in [4.69, 9.17) is 4.74 Å². The molecule has 0 aliphatic heterocycles. The summed E-state index contributed by atoms with van der Waals surface area (Å²) >= 11 is 0. The van der Waals surface area contributed by atoms with Crippen molar-refractivity contribution in [3.63, 3.8) is 0 Å². The number of carbonyl (C=O) groups excluding carboxylic acids is 1. The van der Waals surface area contributed by atoms with Gasteiger partial charge < -0.3 is 4.74 Å². The smallest absolute Gasteiger partial charge is 0.343 e. The summed E-state index contributed by atoms with van der Waals surface area (Å²) in [7, 11) is 0. The molecule has 2 nitrogen and oxygen atoms in total. The van der Waals surface area contributed by atoms with Crippen molar-refractivity contribution >= 4 is 5.97 Å². The normalized spacial score (nSPS) is 10.3. The van der Waals surface area contributed by atoms with Gasteiger partial charge in [0.05, 0.1) is 5.56 Å². The number of carbonyl (C=O) groups is 1. The van der Waals surface area contributed by atoms with Gasteiger partial charge in [0, 0.05) is 6.07 Å². The quantitative estimate of drug-likeness (QED) is 0.622. The molecule has 0 amide bonds. The van der Waals surface area contributed by atoms with Gasteiger partial charge in [-0.2, -0.15) is 0 Å². The first-order valence-electron chi connectivity index (χ1n) is 5.86. The Bertz CT molecular complexity index is 609. The molecule has 0 bridgehead atoms. The molecule has 0 heterocycles. The number of esters is 1. The summed E-state index contributed by atoms with van der Waals surface area (Å²) in [5.74, 6) is -2.65. The Balaban J connectivity index is 2.18. The SMILES string of the molecule is CCc1cccc(C(=O)Oc2ccc(F)c(F)c2)c1. The van der Waals surface area contributed by atoms with Crippen LogP contribution in [0.2, 0.25) is 0 Å². The topological polar surface area (TPSA) is 26.3 Å². The summed E-state index contributed by atoms with van der Waals surface area (Å²) < 4.78 is 30.7. The number of aryl methyl sites for hydroxylation is 1. The van der Waals surface area contributed by atoms with E-state index in [1.54, 1.807) is 18.2 Å². The lowest BCUT2D eigenvalue weighted by Gasteiger charge is -2.05. The van der Waals surface area contributed by atoms with Gasteiger partial charge in [0.1, 0.15) is 5.75 Å². The summed E-state index contributed by atoms with van der Waals surface area (Å²) in [6.45, 7) is 1.97. The van der Waals surface area contributed by atoms with Crippen molar-refractivity contribution in [3.05, 3.63) is 65.2 Å². The first kappa shape index (κ1) is 13.2. The monoisotopic (exact) mass is 262 g/mol. The number of ether oxygens (including phenoxy) is 1. The highest BCUT2D eigenvalue weighted by Crippen LogP contribution is 2.17. The molecule has 0 unspecified atom stereocenters. The molecule has 2 aromatic rings. The van der Waals surface area contributed by atoms with Crippen LogP contribution in [0.25, 0.3) is 0 Å². The van der Waals surface area contributed by atoms with Crippen molar-refractivity contribution in [1.82, 2.24) is 0 Å². The fourth-order valence-corrected chi connectivity index (χ4v) is 1.62. The molecule has 0 aliphatic rings. The maximum absolute atomic E-state index is 13.0. The van der Waals surface area contributed by atoms with E-state index in [2.05, 4.69) is 0 Å². The molecule has 19 heavy (non-hydrogen) atoms. The average molecular weight is 262 g/mol. The molecule has 98 valence electrons. The van der Waals surface area contributed by atoms with Gasteiger partial charge in [0.25, 0.3) is 0 Å². The molecule has 4 heteroatoms. The number of hydrogen-bond acceptors (Lipinski definition) is 2. The van der Waals surface area contributed by atoms with Gasteiger partial charge in [-0.25, -0.2) is 13.6 Å². The maximum atomic E-state index is 13.0. The molecule has 0 spiro atoms. The minimum Gasteiger partial charge on any atom is -0.423 e. The van der Waals surface area contributed by atoms with Crippen LogP contribution in [-0.4, -0.2) is 5.97 Å². The van der Waals surface area contributed by atoms with Gasteiger partial charge in [-0.3, -0.25) is 0 Å². The van der Waals surface area contributed by atoms with E-state index in [1.807, 2.05) is 13.0 Å². The van der Waals surface area contributed by atoms with Gasteiger partial charge in [0.2, 0.25) is 0 Å². The standard InChI is InChI=1S/C15H12F2O2/c1-2-10-4-3-5-11(8-10)15(18)19-12-6-7-13(16)14(17)9-12/h3-9H,2H2,1H3. The van der Waals surface area contributed by atoms with Crippen LogP contribution in [0.4, 0.5) is 8.78 Å². The first-order chi connectivity index (χ1) is 9.10.